The van der Waals surface area contributed by atoms with E-state index in [1.54, 1.807) is 0 Å². The van der Waals surface area contributed by atoms with E-state index in [0.29, 0.717) is 30.1 Å². The fraction of sp³-hybridized carbons (Fsp3) is 0.583. The maximum absolute atomic E-state index is 12.1. The molecular formula is C24H35N7O. The van der Waals surface area contributed by atoms with Crippen molar-refractivity contribution in [3.63, 3.8) is 0 Å². The molecular weight excluding hydrogens is 402 g/mol. The molecule has 8 heteroatoms. The first kappa shape index (κ1) is 22.5. The molecule has 0 unspecified atom stereocenters. The average molecular weight is 438 g/mol. The van der Waals surface area contributed by atoms with Crippen LogP contribution in [0, 0.1) is 0 Å². The minimum absolute atomic E-state index is 0.103. The average Bonchev–Trinajstić information content (AvgIpc) is 2.79. The van der Waals surface area contributed by atoms with Gasteiger partial charge >= 0.3 is 0 Å². The lowest BCUT2D eigenvalue weighted by Gasteiger charge is -2.31. The molecule has 0 aromatic carbocycles. The first-order valence-electron chi connectivity index (χ1n) is 11.9. The Bertz CT molecular complexity index is 955. The molecule has 1 saturated carbocycles. The van der Waals surface area contributed by atoms with Gasteiger partial charge in [0.1, 0.15) is 11.4 Å². The lowest BCUT2D eigenvalue weighted by atomic mass is 9.86. The first-order chi connectivity index (χ1) is 15.4. The number of aromatic nitrogens is 3. The summed E-state index contributed by atoms with van der Waals surface area (Å²) in [6.45, 7) is 5.84. The zero-order chi connectivity index (χ0) is 22.7. The molecule has 2 aromatic heterocycles. The molecule has 172 valence electrons. The van der Waals surface area contributed by atoms with E-state index in [9.17, 15) is 4.79 Å². The van der Waals surface area contributed by atoms with Crippen molar-refractivity contribution in [2.45, 2.75) is 76.7 Å². The summed E-state index contributed by atoms with van der Waals surface area (Å²) in [4.78, 5) is 28.2. The highest BCUT2D eigenvalue weighted by Crippen LogP contribution is 2.34. The molecule has 2 aromatic rings. The molecule has 0 bridgehead atoms. The van der Waals surface area contributed by atoms with Gasteiger partial charge in [-0.1, -0.05) is 33.1 Å². The summed E-state index contributed by atoms with van der Waals surface area (Å²) >= 11 is 0. The van der Waals surface area contributed by atoms with E-state index in [-0.39, 0.29) is 11.6 Å². The number of hydrogen-bond donors (Lipinski definition) is 3. The van der Waals surface area contributed by atoms with Crippen LogP contribution in [-0.2, 0) is 0 Å². The molecule has 32 heavy (non-hydrogen) atoms. The number of carbonyl (C=O) groups is 1. The van der Waals surface area contributed by atoms with E-state index in [4.69, 9.17) is 21.4 Å². The molecule has 8 nitrogen and oxygen atoms in total. The number of rotatable bonds is 6. The number of hydrogen-bond acceptors (Lipinski definition) is 7. The second-order valence-electron chi connectivity index (χ2n) is 9.47. The zero-order valence-electron chi connectivity index (χ0n) is 19.2. The van der Waals surface area contributed by atoms with Gasteiger partial charge in [-0.2, -0.15) is 4.98 Å². The fourth-order valence-electron chi connectivity index (χ4n) is 4.68. The molecule has 5 N–H and O–H groups in total. The number of piperidine rings is 1. The highest BCUT2D eigenvalue weighted by Gasteiger charge is 2.23. The van der Waals surface area contributed by atoms with E-state index < -0.39 is 5.91 Å². The van der Waals surface area contributed by atoms with Crippen molar-refractivity contribution in [3.05, 3.63) is 35.3 Å². The van der Waals surface area contributed by atoms with Gasteiger partial charge < -0.3 is 21.7 Å². The number of nitrogens with zero attached hydrogens (tertiary/aromatic N) is 4. The Morgan fingerprint density at radius 3 is 2.59 bits per heavy atom. The number of nitrogens with two attached hydrogens (primary N) is 2. The highest BCUT2D eigenvalue weighted by molar-refractivity contribution is 5.98. The van der Waals surface area contributed by atoms with Crippen LogP contribution >= 0.6 is 0 Å². The monoisotopic (exact) mass is 437 g/mol. The second-order valence-corrected chi connectivity index (χ2v) is 9.47. The smallest absolute Gasteiger partial charge is 0.254 e. The highest BCUT2D eigenvalue weighted by atomic mass is 16.1. The van der Waals surface area contributed by atoms with E-state index in [2.05, 4.69) is 35.1 Å². The lowest BCUT2D eigenvalue weighted by Crippen LogP contribution is -2.43. The summed E-state index contributed by atoms with van der Waals surface area (Å²) in [6.07, 6.45) is 9.66. The summed E-state index contributed by atoms with van der Waals surface area (Å²) in [6, 6.07) is 4.25. The first-order valence-corrected chi connectivity index (χ1v) is 11.9. The fourth-order valence-corrected chi connectivity index (χ4v) is 4.68. The quantitative estimate of drug-likeness (QED) is 0.628. The van der Waals surface area contributed by atoms with E-state index in [1.807, 2.05) is 6.07 Å². The normalized spacial score (nSPS) is 19.9. The summed E-state index contributed by atoms with van der Waals surface area (Å²) in [5, 5.41) is 3.37. The molecule has 1 saturated heterocycles. The third-order valence-electron chi connectivity index (χ3n) is 6.52. The number of nitrogens with one attached hydrogen (secondary N) is 1. The van der Waals surface area contributed by atoms with Crippen molar-refractivity contribution in [2.75, 3.05) is 23.3 Å². The van der Waals surface area contributed by atoms with Crippen molar-refractivity contribution < 1.29 is 4.79 Å². The molecule has 2 fully saturated rings. The summed E-state index contributed by atoms with van der Waals surface area (Å²) in [5.74, 6) is 1.22. The summed E-state index contributed by atoms with van der Waals surface area (Å²) in [5.41, 5.74) is 15.1. The molecule has 3 heterocycles. The van der Waals surface area contributed by atoms with E-state index in [1.165, 1.54) is 38.3 Å². The van der Waals surface area contributed by atoms with Crippen LogP contribution in [0.25, 0.3) is 0 Å². The molecule has 1 atom stereocenters. The topological polar surface area (TPSA) is 123 Å². The van der Waals surface area contributed by atoms with Gasteiger partial charge in [-0.25, -0.2) is 4.98 Å². The predicted molar refractivity (Wildman–Crippen MR) is 127 cm³/mol. The van der Waals surface area contributed by atoms with Gasteiger partial charge in [-0.15, -0.1) is 0 Å². The van der Waals surface area contributed by atoms with Crippen molar-refractivity contribution in [1.29, 1.82) is 0 Å². The number of primary amides is 1. The largest absolute Gasteiger partial charge is 0.365 e. The van der Waals surface area contributed by atoms with Crippen LogP contribution in [-0.4, -0.2) is 40.0 Å². The Hall–Kier alpha value is -2.74. The Kier molecular flexibility index (Phi) is 6.89. The van der Waals surface area contributed by atoms with Crippen LogP contribution < -0.4 is 21.7 Å². The minimum Gasteiger partial charge on any atom is -0.365 e. The summed E-state index contributed by atoms with van der Waals surface area (Å²) in [7, 11) is 0. The molecule has 1 aliphatic carbocycles. The second kappa shape index (κ2) is 9.81. The molecule has 1 aliphatic heterocycles. The van der Waals surface area contributed by atoms with Crippen molar-refractivity contribution in [2.24, 2.45) is 11.5 Å². The Morgan fingerprint density at radius 1 is 1.12 bits per heavy atom. The van der Waals surface area contributed by atoms with Gasteiger partial charge in [-0.05, 0) is 43.7 Å². The Labute approximate surface area is 190 Å². The number of anilines is 3. The molecule has 2 aliphatic rings. The van der Waals surface area contributed by atoms with Crippen LogP contribution in [0.2, 0.25) is 0 Å². The van der Waals surface area contributed by atoms with Crippen molar-refractivity contribution >= 4 is 23.4 Å². The van der Waals surface area contributed by atoms with Crippen molar-refractivity contribution in [1.82, 2.24) is 15.0 Å². The lowest BCUT2D eigenvalue weighted by molar-refractivity contribution is 0.100. The van der Waals surface area contributed by atoms with Gasteiger partial charge in [0, 0.05) is 48.3 Å². The third-order valence-corrected chi connectivity index (χ3v) is 6.52. The molecule has 0 radical (unpaired) electrons. The van der Waals surface area contributed by atoms with Crippen molar-refractivity contribution in [3.8, 4) is 0 Å². The van der Waals surface area contributed by atoms with E-state index in [0.717, 1.165) is 36.5 Å². The van der Waals surface area contributed by atoms with Gasteiger partial charge in [0.15, 0.2) is 0 Å². The molecule has 1 amide bonds. The standard InChI is InChI=1S/C24H35N7O/c1-15(2)20-11-18(12-21(29-20)16-7-4-3-5-8-16)28-23-19(22(26)32)13-27-24(30-23)31-10-6-9-17(25)14-31/h11-13,15-17H,3-10,14,25H2,1-2H3,(H2,26,32)(H,27,28,29,30)/t17-/m0/s1. The van der Waals surface area contributed by atoms with Gasteiger partial charge in [-0.3, -0.25) is 9.78 Å². The third kappa shape index (κ3) is 5.18. The number of pyridine rings is 1. The van der Waals surface area contributed by atoms with Crippen LogP contribution in [0.3, 0.4) is 0 Å². The molecule has 4 rings (SSSR count). The summed E-state index contributed by atoms with van der Waals surface area (Å²) < 4.78 is 0. The maximum Gasteiger partial charge on any atom is 0.254 e. The minimum atomic E-state index is -0.556. The molecule has 0 spiro atoms. The van der Waals surface area contributed by atoms with Gasteiger partial charge in [0.25, 0.3) is 5.91 Å². The van der Waals surface area contributed by atoms with Crippen LogP contribution in [0.1, 0.15) is 92.4 Å². The van der Waals surface area contributed by atoms with Crippen LogP contribution in [0.4, 0.5) is 17.5 Å². The predicted octanol–water partition coefficient (Wildman–Crippen LogP) is 3.81. The van der Waals surface area contributed by atoms with Crippen LogP contribution in [0.15, 0.2) is 18.3 Å². The zero-order valence-corrected chi connectivity index (χ0v) is 19.2. The number of amides is 1. The Balaban J connectivity index is 1.67. The van der Waals surface area contributed by atoms with Gasteiger partial charge in [0.2, 0.25) is 5.95 Å². The van der Waals surface area contributed by atoms with E-state index >= 15 is 0 Å². The Morgan fingerprint density at radius 2 is 1.91 bits per heavy atom. The SMILES string of the molecule is CC(C)c1cc(Nc2nc(N3CCC[C@H](N)C3)ncc2C(N)=O)cc(C2CCCCC2)n1. The maximum atomic E-state index is 12.1. The number of carbonyl (C=O) groups excluding carboxylic acids is 1. The van der Waals surface area contributed by atoms with Gasteiger partial charge in [0.05, 0.1) is 0 Å². The van der Waals surface area contributed by atoms with Crippen LogP contribution in [0.5, 0.6) is 0 Å².